The number of benzene rings is 3. The van der Waals surface area contributed by atoms with Crippen LogP contribution >= 0.6 is 22.9 Å². The van der Waals surface area contributed by atoms with E-state index in [1.54, 1.807) is 0 Å². The predicted molar refractivity (Wildman–Crippen MR) is 155 cm³/mol. The minimum atomic E-state index is -0.208. The average Bonchev–Trinajstić information content (AvgIpc) is 3.45. The van der Waals surface area contributed by atoms with Gasteiger partial charge in [0.05, 0.1) is 5.01 Å². The van der Waals surface area contributed by atoms with E-state index in [0.29, 0.717) is 36.6 Å². The van der Waals surface area contributed by atoms with Gasteiger partial charge in [-0.25, -0.2) is 4.98 Å². The van der Waals surface area contributed by atoms with Crippen molar-refractivity contribution in [3.05, 3.63) is 105 Å². The first kappa shape index (κ1) is 26.1. The van der Waals surface area contributed by atoms with Crippen molar-refractivity contribution in [1.82, 2.24) is 9.88 Å². The van der Waals surface area contributed by atoms with E-state index in [4.69, 9.17) is 16.6 Å². The normalized spacial score (nSPS) is 13.9. The van der Waals surface area contributed by atoms with Crippen LogP contribution in [0.25, 0.3) is 11.1 Å². The Balaban J connectivity index is 1.18. The summed E-state index contributed by atoms with van der Waals surface area (Å²) in [7, 11) is 0. The largest absolute Gasteiger partial charge is 0.343 e. The van der Waals surface area contributed by atoms with Crippen molar-refractivity contribution in [2.24, 2.45) is 0 Å². The molecule has 4 aromatic rings. The number of hydrogen-bond donors (Lipinski definition) is 1. The average molecular weight is 544 g/mol. The third-order valence-electron chi connectivity index (χ3n) is 7.03. The maximum atomic E-state index is 13.1. The molecule has 1 aliphatic heterocycles. The highest BCUT2D eigenvalue weighted by Crippen LogP contribution is 2.32. The third-order valence-corrected chi connectivity index (χ3v) is 8.40. The Morgan fingerprint density at radius 3 is 2.53 bits per heavy atom. The Morgan fingerprint density at radius 2 is 1.76 bits per heavy atom. The van der Waals surface area contributed by atoms with Gasteiger partial charge >= 0.3 is 0 Å². The van der Waals surface area contributed by atoms with Crippen molar-refractivity contribution in [2.45, 2.75) is 38.5 Å². The van der Waals surface area contributed by atoms with Gasteiger partial charge in [0.2, 0.25) is 5.91 Å². The summed E-state index contributed by atoms with van der Waals surface area (Å²) < 4.78 is 0. The number of aromatic nitrogens is 1. The summed E-state index contributed by atoms with van der Waals surface area (Å²) in [4.78, 5) is 32.5. The molecule has 38 heavy (non-hydrogen) atoms. The van der Waals surface area contributed by atoms with Crippen LogP contribution in [0.2, 0.25) is 5.02 Å². The van der Waals surface area contributed by atoms with Gasteiger partial charge < -0.3 is 10.2 Å². The molecular formula is C31H30ClN3O2S. The zero-order valence-corrected chi connectivity index (χ0v) is 22.9. The third kappa shape index (κ3) is 6.14. The molecule has 5 nitrogen and oxygen atoms in total. The fourth-order valence-corrected chi connectivity index (χ4v) is 6.07. The number of hydrogen-bond acceptors (Lipinski definition) is 4. The van der Waals surface area contributed by atoms with Crippen molar-refractivity contribution in [2.75, 3.05) is 18.4 Å². The molecule has 1 aliphatic rings. The summed E-state index contributed by atoms with van der Waals surface area (Å²) in [6.45, 7) is 3.45. The number of nitrogens with zero attached hydrogens (tertiary/aromatic N) is 2. The standard InChI is InChI=1S/C31H30ClN3O2S/c1-21-11-13-27(25(19-21)22-7-3-2-4-8-22)33-30(37)28-20-38-31(34-28)24-15-17-35(18-16-24)29(36)14-12-23-9-5-6-10-26(23)32/h2-11,13,19-20,24H,12,14-18H2,1H3,(H,33,37). The summed E-state index contributed by atoms with van der Waals surface area (Å²) >= 11 is 7.76. The van der Waals surface area contributed by atoms with Gasteiger partial charge in [-0.15, -0.1) is 11.3 Å². The smallest absolute Gasteiger partial charge is 0.275 e. The van der Waals surface area contributed by atoms with Gasteiger partial charge in [-0.1, -0.05) is 71.8 Å². The Hall–Kier alpha value is -3.48. The molecule has 3 aromatic carbocycles. The molecule has 1 fully saturated rings. The topological polar surface area (TPSA) is 62.3 Å². The number of halogens is 1. The predicted octanol–water partition coefficient (Wildman–Crippen LogP) is 7.36. The molecule has 2 amide bonds. The number of piperidine rings is 1. The molecule has 1 N–H and O–H groups in total. The fraction of sp³-hybridized carbons (Fsp3) is 0.258. The van der Waals surface area contributed by atoms with Gasteiger partial charge in [0, 0.05) is 47.1 Å². The van der Waals surface area contributed by atoms with E-state index in [-0.39, 0.29) is 17.7 Å². The molecule has 2 heterocycles. The second kappa shape index (κ2) is 11.9. The number of amides is 2. The summed E-state index contributed by atoms with van der Waals surface area (Å²) in [6, 6.07) is 23.8. The number of aryl methyl sites for hydroxylation is 2. The summed E-state index contributed by atoms with van der Waals surface area (Å²) in [5.41, 5.74) is 5.38. The fourth-order valence-electron chi connectivity index (χ4n) is 4.87. The number of rotatable bonds is 7. The molecule has 7 heteroatoms. The lowest BCUT2D eigenvalue weighted by Gasteiger charge is -2.31. The van der Waals surface area contributed by atoms with Gasteiger partial charge in [-0.3, -0.25) is 9.59 Å². The van der Waals surface area contributed by atoms with Crippen molar-refractivity contribution in [3.8, 4) is 11.1 Å². The van der Waals surface area contributed by atoms with Crippen molar-refractivity contribution in [1.29, 1.82) is 0 Å². The highest BCUT2D eigenvalue weighted by Gasteiger charge is 2.26. The number of carbonyl (C=O) groups is 2. The van der Waals surface area contributed by atoms with Crippen LogP contribution in [-0.4, -0.2) is 34.8 Å². The maximum absolute atomic E-state index is 13.1. The molecule has 0 radical (unpaired) electrons. The van der Waals surface area contributed by atoms with Crippen molar-refractivity contribution >= 4 is 40.4 Å². The zero-order chi connectivity index (χ0) is 26.5. The second-order valence-electron chi connectivity index (χ2n) is 9.69. The summed E-state index contributed by atoms with van der Waals surface area (Å²) in [5.74, 6) is 0.212. The van der Waals surface area contributed by atoms with Crippen molar-refractivity contribution < 1.29 is 9.59 Å². The van der Waals surface area contributed by atoms with Crippen LogP contribution in [0.15, 0.2) is 78.2 Å². The molecule has 0 atom stereocenters. The maximum Gasteiger partial charge on any atom is 0.275 e. The number of thiazole rings is 1. The van der Waals surface area contributed by atoms with Crippen LogP contribution in [0.4, 0.5) is 5.69 Å². The highest BCUT2D eigenvalue weighted by molar-refractivity contribution is 7.10. The van der Waals surface area contributed by atoms with E-state index in [1.807, 2.05) is 83.9 Å². The minimum Gasteiger partial charge on any atom is -0.343 e. The SMILES string of the molecule is Cc1ccc(NC(=O)c2csc(C3CCN(C(=O)CCc4ccccc4Cl)CC3)n2)c(-c2ccccc2)c1. The molecule has 1 saturated heterocycles. The van der Waals surface area contributed by atoms with Crippen LogP contribution in [0.1, 0.15) is 51.8 Å². The Bertz CT molecular complexity index is 1430. The molecule has 0 spiro atoms. The first-order chi connectivity index (χ1) is 18.5. The Kier molecular flexibility index (Phi) is 8.20. The number of carbonyl (C=O) groups excluding carboxylic acids is 2. The van der Waals surface area contributed by atoms with Gasteiger partial charge in [-0.05, 0) is 55.5 Å². The quantitative estimate of drug-likeness (QED) is 0.265. The number of nitrogens with one attached hydrogen (secondary N) is 1. The van der Waals surface area contributed by atoms with Crippen LogP contribution in [-0.2, 0) is 11.2 Å². The molecule has 0 saturated carbocycles. The molecule has 194 valence electrons. The van der Waals surface area contributed by atoms with Gasteiger partial charge in [0.25, 0.3) is 5.91 Å². The Morgan fingerprint density at radius 1 is 1.03 bits per heavy atom. The lowest BCUT2D eigenvalue weighted by molar-refractivity contribution is -0.132. The Labute approximate surface area is 232 Å². The minimum absolute atomic E-state index is 0.162. The number of likely N-dealkylation sites (tertiary alicyclic amines) is 1. The molecule has 0 unspecified atom stereocenters. The van der Waals surface area contributed by atoms with E-state index in [0.717, 1.165) is 45.8 Å². The molecule has 1 aromatic heterocycles. The van der Waals surface area contributed by atoms with E-state index < -0.39 is 0 Å². The summed E-state index contributed by atoms with van der Waals surface area (Å²) in [6.07, 6.45) is 2.81. The zero-order valence-electron chi connectivity index (χ0n) is 21.3. The monoisotopic (exact) mass is 543 g/mol. The molecule has 0 bridgehead atoms. The van der Waals surface area contributed by atoms with E-state index in [1.165, 1.54) is 11.3 Å². The van der Waals surface area contributed by atoms with Gasteiger partial charge in [0.15, 0.2) is 0 Å². The lowest BCUT2D eigenvalue weighted by Crippen LogP contribution is -2.38. The summed E-state index contributed by atoms with van der Waals surface area (Å²) in [5, 5.41) is 6.57. The van der Waals surface area contributed by atoms with Gasteiger partial charge in [-0.2, -0.15) is 0 Å². The highest BCUT2D eigenvalue weighted by atomic mass is 35.5. The van der Waals surface area contributed by atoms with E-state index >= 15 is 0 Å². The van der Waals surface area contributed by atoms with Crippen LogP contribution in [0.3, 0.4) is 0 Å². The molecule has 5 rings (SSSR count). The van der Waals surface area contributed by atoms with Gasteiger partial charge in [0.1, 0.15) is 5.69 Å². The van der Waals surface area contributed by atoms with Crippen molar-refractivity contribution in [3.63, 3.8) is 0 Å². The second-order valence-corrected chi connectivity index (χ2v) is 11.0. The molecular weight excluding hydrogens is 514 g/mol. The van der Waals surface area contributed by atoms with Crippen LogP contribution < -0.4 is 5.32 Å². The molecule has 0 aliphatic carbocycles. The first-order valence-electron chi connectivity index (χ1n) is 12.9. The van der Waals surface area contributed by atoms with E-state index in [2.05, 4.69) is 11.4 Å². The van der Waals surface area contributed by atoms with Crippen LogP contribution in [0, 0.1) is 6.92 Å². The van der Waals surface area contributed by atoms with E-state index in [9.17, 15) is 9.59 Å². The first-order valence-corrected chi connectivity index (χ1v) is 14.2. The van der Waals surface area contributed by atoms with Crippen LogP contribution in [0.5, 0.6) is 0 Å². The number of anilines is 1. The lowest BCUT2D eigenvalue weighted by atomic mass is 9.97.